The van der Waals surface area contributed by atoms with Crippen LogP contribution in [0.25, 0.3) is 33.2 Å². The minimum Gasteiger partial charge on any atom is -0.321 e. The fourth-order valence-electron chi connectivity index (χ4n) is 2.75. The smallest absolute Gasteiger partial charge is 0.257 e. The molecule has 1 aromatic carbocycles. The van der Waals surface area contributed by atoms with Crippen molar-refractivity contribution in [3.8, 4) is 22.3 Å². The number of aromatic nitrogens is 4. The van der Waals surface area contributed by atoms with Crippen molar-refractivity contribution in [2.75, 3.05) is 0 Å². The summed E-state index contributed by atoms with van der Waals surface area (Å²) in [5, 5.41) is 8.19. The normalized spacial score (nSPS) is 11.0. The average Bonchev–Trinajstić information content (AvgIpc) is 3.09. The highest BCUT2D eigenvalue weighted by molar-refractivity contribution is 6.31. The summed E-state index contributed by atoms with van der Waals surface area (Å²) < 4.78 is 0. The van der Waals surface area contributed by atoms with Gasteiger partial charge >= 0.3 is 0 Å². The average molecular weight is 323 g/mol. The molecule has 0 atom stereocenters. The number of benzene rings is 1. The molecule has 5 nitrogen and oxygen atoms in total. The first-order valence-corrected chi connectivity index (χ1v) is 7.37. The van der Waals surface area contributed by atoms with Crippen molar-refractivity contribution in [1.29, 1.82) is 0 Å². The second-order valence-corrected chi connectivity index (χ2v) is 5.55. The number of halogens is 1. The highest BCUT2D eigenvalue weighted by Gasteiger charge is 2.17. The molecular weight excluding hydrogens is 312 g/mol. The van der Waals surface area contributed by atoms with Gasteiger partial charge in [-0.15, -0.1) is 0 Å². The second kappa shape index (κ2) is 5.37. The quantitative estimate of drug-likeness (QED) is 0.591. The maximum absolute atomic E-state index is 12.7. The van der Waals surface area contributed by atoms with Crippen LogP contribution in [0, 0.1) is 0 Å². The van der Waals surface area contributed by atoms with Gasteiger partial charge in [-0.25, -0.2) is 0 Å². The van der Waals surface area contributed by atoms with E-state index in [1.54, 1.807) is 30.9 Å². The molecule has 0 spiro atoms. The van der Waals surface area contributed by atoms with E-state index in [2.05, 4.69) is 20.2 Å². The fraction of sp³-hybridized carbons (Fsp3) is 0. The first-order chi connectivity index (χ1) is 11.2. The van der Waals surface area contributed by atoms with Crippen molar-refractivity contribution < 1.29 is 0 Å². The largest absolute Gasteiger partial charge is 0.321 e. The van der Waals surface area contributed by atoms with Gasteiger partial charge in [0.05, 0.1) is 11.8 Å². The predicted octanol–water partition coefficient (Wildman–Crippen LogP) is 3.63. The number of fused-ring (bicyclic) bond motifs is 1. The Morgan fingerprint density at radius 2 is 1.83 bits per heavy atom. The number of nitrogens with zero attached hydrogens (tertiary/aromatic N) is 2. The molecule has 23 heavy (non-hydrogen) atoms. The minimum atomic E-state index is -0.173. The van der Waals surface area contributed by atoms with E-state index in [4.69, 9.17) is 11.6 Å². The van der Waals surface area contributed by atoms with Crippen LogP contribution in [0.2, 0.25) is 5.02 Å². The number of hydrogen-bond donors (Lipinski definition) is 2. The highest BCUT2D eigenvalue weighted by atomic mass is 35.5. The Morgan fingerprint density at radius 1 is 1.00 bits per heavy atom. The Hall–Kier alpha value is -2.92. The summed E-state index contributed by atoms with van der Waals surface area (Å²) in [4.78, 5) is 19.6. The third kappa shape index (κ3) is 2.31. The third-order valence-electron chi connectivity index (χ3n) is 3.73. The minimum absolute atomic E-state index is 0.173. The Morgan fingerprint density at radius 3 is 2.57 bits per heavy atom. The zero-order valence-corrected chi connectivity index (χ0v) is 12.6. The van der Waals surface area contributed by atoms with Crippen LogP contribution in [0.4, 0.5) is 0 Å². The van der Waals surface area contributed by atoms with Gasteiger partial charge < -0.3 is 4.98 Å². The number of aromatic amines is 2. The number of rotatable bonds is 2. The molecular formula is C17H11ClN4O. The third-order valence-corrected chi connectivity index (χ3v) is 3.97. The molecule has 2 N–H and O–H groups in total. The van der Waals surface area contributed by atoms with Crippen LogP contribution in [0.1, 0.15) is 0 Å². The van der Waals surface area contributed by atoms with Gasteiger partial charge in [-0.05, 0) is 35.9 Å². The molecule has 0 unspecified atom stereocenters. The van der Waals surface area contributed by atoms with Crippen molar-refractivity contribution in [2.24, 2.45) is 0 Å². The molecule has 0 bridgehead atoms. The number of H-pyrrole nitrogens is 2. The Bertz CT molecular complexity index is 1040. The summed E-state index contributed by atoms with van der Waals surface area (Å²) in [7, 11) is 0. The molecule has 4 rings (SSSR count). The van der Waals surface area contributed by atoms with Crippen molar-refractivity contribution in [2.45, 2.75) is 0 Å². The van der Waals surface area contributed by atoms with Crippen LogP contribution in [-0.2, 0) is 0 Å². The lowest BCUT2D eigenvalue weighted by molar-refractivity contribution is 1.09. The van der Waals surface area contributed by atoms with Crippen molar-refractivity contribution >= 4 is 22.5 Å². The predicted molar refractivity (Wildman–Crippen MR) is 90.4 cm³/mol. The number of nitrogens with one attached hydrogen (secondary N) is 2. The molecule has 4 aromatic rings. The highest BCUT2D eigenvalue weighted by Crippen LogP contribution is 2.35. The van der Waals surface area contributed by atoms with E-state index in [1.165, 1.54) is 0 Å². The van der Waals surface area contributed by atoms with Gasteiger partial charge in [0.25, 0.3) is 5.56 Å². The van der Waals surface area contributed by atoms with E-state index in [0.717, 1.165) is 27.6 Å². The van der Waals surface area contributed by atoms with E-state index in [0.29, 0.717) is 10.6 Å². The van der Waals surface area contributed by atoms with Gasteiger partial charge in [0.1, 0.15) is 0 Å². The summed E-state index contributed by atoms with van der Waals surface area (Å²) in [5.41, 5.74) is 3.55. The van der Waals surface area contributed by atoms with Gasteiger partial charge in [-0.2, -0.15) is 5.10 Å². The van der Waals surface area contributed by atoms with Crippen LogP contribution < -0.4 is 5.56 Å². The van der Waals surface area contributed by atoms with E-state index in [9.17, 15) is 4.79 Å². The van der Waals surface area contributed by atoms with Crippen LogP contribution >= 0.6 is 11.6 Å². The molecule has 0 amide bonds. The Labute approximate surface area is 136 Å². The lowest BCUT2D eigenvalue weighted by Crippen LogP contribution is -2.11. The Kier molecular flexibility index (Phi) is 3.20. The SMILES string of the molecule is O=c1[nH]c2ccc(Cl)cc2c(-c2ccncc2)c1-c1cn[nH]c1. The first-order valence-electron chi connectivity index (χ1n) is 6.99. The van der Waals surface area contributed by atoms with E-state index >= 15 is 0 Å². The van der Waals surface area contributed by atoms with Gasteiger partial charge in [0.2, 0.25) is 0 Å². The summed E-state index contributed by atoms with van der Waals surface area (Å²) >= 11 is 6.17. The van der Waals surface area contributed by atoms with Gasteiger partial charge in [0.15, 0.2) is 0 Å². The topological polar surface area (TPSA) is 74.4 Å². The first kappa shape index (κ1) is 13.7. The summed E-state index contributed by atoms with van der Waals surface area (Å²) in [6.45, 7) is 0. The molecule has 112 valence electrons. The lowest BCUT2D eigenvalue weighted by atomic mass is 9.94. The fourth-order valence-corrected chi connectivity index (χ4v) is 2.92. The number of hydrogen-bond acceptors (Lipinski definition) is 3. The standard InChI is InChI=1S/C17H11ClN4O/c18-12-1-2-14-13(7-12)15(10-3-5-19-6-4-10)16(17(23)22-14)11-8-20-21-9-11/h1-9H,(H,20,21)(H,22,23). The zero-order chi connectivity index (χ0) is 15.8. The van der Waals surface area contributed by atoms with Gasteiger partial charge in [-0.3, -0.25) is 14.9 Å². The second-order valence-electron chi connectivity index (χ2n) is 5.12. The summed E-state index contributed by atoms with van der Waals surface area (Å²) in [5.74, 6) is 0. The molecule has 3 heterocycles. The summed E-state index contributed by atoms with van der Waals surface area (Å²) in [6.07, 6.45) is 6.73. The molecule has 0 aliphatic carbocycles. The lowest BCUT2D eigenvalue weighted by Gasteiger charge is -2.12. The monoisotopic (exact) mass is 322 g/mol. The van der Waals surface area contributed by atoms with E-state index in [1.807, 2.05) is 24.3 Å². The van der Waals surface area contributed by atoms with E-state index in [-0.39, 0.29) is 5.56 Å². The van der Waals surface area contributed by atoms with Crippen molar-refractivity contribution in [3.05, 3.63) is 70.5 Å². The Balaban J connectivity index is 2.20. The molecule has 0 radical (unpaired) electrons. The maximum Gasteiger partial charge on any atom is 0.257 e. The van der Waals surface area contributed by atoms with Crippen LogP contribution in [-0.4, -0.2) is 20.2 Å². The van der Waals surface area contributed by atoms with Crippen LogP contribution in [0.3, 0.4) is 0 Å². The molecule has 0 aliphatic heterocycles. The molecule has 0 saturated carbocycles. The number of pyridine rings is 2. The van der Waals surface area contributed by atoms with E-state index < -0.39 is 0 Å². The van der Waals surface area contributed by atoms with Crippen molar-refractivity contribution in [3.63, 3.8) is 0 Å². The van der Waals surface area contributed by atoms with Gasteiger partial charge in [-0.1, -0.05) is 11.6 Å². The van der Waals surface area contributed by atoms with Crippen molar-refractivity contribution in [1.82, 2.24) is 20.2 Å². The molecule has 3 aromatic heterocycles. The molecule has 0 saturated heterocycles. The van der Waals surface area contributed by atoms with Crippen LogP contribution in [0.15, 0.2) is 59.9 Å². The summed E-state index contributed by atoms with van der Waals surface area (Å²) in [6, 6.07) is 9.17. The van der Waals surface area contributed by atoms with Gasteiger partial charge in [0, 0.05) is 45.6 Å². The molecule has 0 fully saturated rings. The molecule has 6 heteroatoms. The zero-order valence-electron chi connectivity index (χ0n) is 11.9. The maximum atomic E-state index is 12.7. The molecule has 0 aliphatic rings. The van der Waals surface area contributed by atoms with Crippen LogP contribution in [0.5, 0.6) is 0 Å².